The molecule has 2 aromatic heterocycles. The van der Waals surface area contributed by atoms with E-state index in [2.05, 4.69) is 81.4 Å². The Balaban J connectivity index is 1.48. The van der Waals surface area contributed by atoms with Crippen LogP contribution in [0.1, 0.15) is 11.6 Å². The molecular weight excluding hydrogens is 328 g/mol. The first-order valence-electron chi connectivity index (χ1n) is 8.44. The number of hydrogen-bond acceptors (Lipinski definition) is 3. The van der Waals surface area contributed by atoms with Crippen LogP contribution >= 0.6 is 11.9 Å². The molecule has 0 amide bonds. The lowest BCUT2D eigenvalue weighted by Crippen LogP contribution is -2.26. The van der Waals surface area contributed by atoms with Crippen molar-refractivity contribution < 1.29 is 0 Å². The highest BCUT2D eigenvalue weighted by atomic mass is 32.2. The topological polar surface area (TPSA) is 44.8 Å². The summed E-state index contributed by atoms with van der Waals surface area (Å²) in [6, 6.07) is 17.4. The summed E-state index contributed by atoms with van der Waals surface area (Å²) in [7, 11) is 4.12. The summed E-state index contributed by atoms with van der Waals surface area (Å²) in [5.74, 6) is 0. The summed E-state index contributed by atoms with van der Waals surface area (Å²) in [5, 5.41) is 5.99. The van der Waals surface area contributed by atoms with Gasteiger partial charge in [-0.15, -0.1) is 0 Å². The fourth-order valence-electron chi connectivity index (χ4n) is 3.32. The first-order chi connectivity index (χ1) is 12.3. The molecule has 0 aliphatic carbocycles. The summed E-state index contributed by atoms with van der Waals surface area (Å²) in [6.07, 6.45) is 4.20. The van der Waals surface area contributed by atoms with E-state index in [9.17, 15) is 0 Å². The number of H-pyrrole nitrogens is 1. The Hall–Kier alpha value is -2.21. The minimum atomic E-state index is 0.257. The van der Waals surface area contributed by atoms with E-state index >= 15 is 0 Å². The van der Waals surface area contributed by atoms with Gasteiger partial charge in [-0.25, -0.2) is 0 Å². The van der Waals surface area contributed by atoms with Gasteiger partial charge in [-0.1, -0.05) is 24.3 Å². The van der Waals surface area contributed by atoms with E-state index in [1.165, 1.54) is 32.3 Å². The first-order valence-corrected chi connectivity index (χ1v) is 9.26. The van der Waals surface area contributed by atoms with Crippen LogP contribution in [-0.2, 0) is 7.05 Å². The van der Waals surface area contributed by atoms with Gasteiger partial charge in [0.1, 0.15) is 0 Å². The maximum absolute atomic E-state index is 3.51. The first kappa shape index (κ1) is 16.3. The number of nitrogens with one attached hydrogen (secondary N) is 3. The predicted octanol–water partition coefficient (Wildman–Crippen LogP) is 4.22. The molecule has 4 aromatic rings. The number of hydrogen-bond donors (Lipinski definition) is 3. The second-order valence-corrected chi connectivity index (χ2v) is 7.20. The molecule has 0 saturated carbocycles. The predicted molar refractivity (Wildman–Crippen MR) is 107 cm³/mol. The minimum Gasteiger partial charge on any atom is -0.361 e. The molecule has 0 aliphatic rings. The molecule has 1 atom stereocenters. The van der Waals surface area contributed by atoms with E-state index in [-0.39, 0.29) is 6.04 Å². The summed E-state index contributed by atoms with van der Waals surface area (Å²) in [6.45, 7) is 0.845. The molecule has 0 radical (unpaired) electrons. The van der Waals surface area contributed by atoms with Crippen molar-refractivity contribution in [3.63, 3.8) is 0 Å². The highest BCUT2D eigenvalue weighted by Gasteiger charge is 2.15. The number of fused-ring (bicyclic) bond motifs is 2. The third-order valence-corrected chi connectivity index (χ3v) is 5.46. The number of aromatic nitrogens is 2. The highest BCUT2D eigenvalue weighted by Crippen LogP contribution is 2.27. The summed E-state index contributed by atoms with van der Waals surface area (Å²) < 4.78 is 5.71. The van der Waals surface area contributed by atoms with Crippen molar-refractivity contribution >= 4 is 33.8 Å². The third-order valence-electron chi connectivity index (χ3n) is 4.66. The van der Waals surface area contributed by atoms with E-state index in [1.807, 2.05) is 13.2 Å². The molecule has 0 saturated heterocycles. The molecule has 5 heteroatoms. The molecule has 3 N–H and O–H groups in total. The quantitative estimate of drug-likeness (QED) is 0.456. The smallest absolute Gasteiger partial charge is 0.0481 e. The number of likely N-dealkylation sites (N-methyl/N-ethyl adjacent to an activating group) is 1. The van der Waals surface area contributed by atoms with Crippen molar-refractivity contribution in [1.82, 2.24) is 19.6 Å². The van der Waals surface area contributed by atoms with Gasteiger partial charge in [-0.3, -0.25) is 4.72 Å². The average Bonchev–Trinajstić information content (AvgIpc) is 3.23. The number of nitrogens with zero attached hydrogens (tertiary/aromatic N) is 1. The van der Waals surface area contributed by atoms with E-state index < -0.39 is 0 Å². The van der Waals surface area contributed by atoms with Crippen molar-refractivity contribution in [1.29, 1.82) is 0 Å². The Morgan fingerprint density at radius 2 is 2.04 bits per heavy atom. The normalized spacial score (nSPS) is 12.9. The average molecular weight is 350 g/mol. The van der Waals surface area contributed by atoms with Crippen LogP contribution in [0.25, 0.3) is 21.8 Å². The van der Waals surface area contributed by atoms with Crippen LogP contribution in [0.3, 0.4) is 0 Å². The van der Waals surface area contributed by atoms with Crippen LogP contribution in [-0.4, -0.2) is 23.1 Å². The van der Waals surface area contributed by atoms with E-state index in [1.54, 1.807) is 11.9 Å². The number of benzene rings is 2. The van der Waals surface area contributed by atoms with Crippen molar-refractivity contribution in [3.05, 3.63) is 66.5 Å². The zero-order valence-electron chi connectivity index (χ0n) is 14.4. The SMILES string of the molecule is CNC(CNSc1ccc2cc[nH]c2c1)c1cn(C)c2ccccc12. The van der Waals surface area contributed by atoms with Crippen molar-refractivity contribution in [2.24, 2.45) is 7.05 Å². The summed E-state index contributed by atoms with van der Waals surface area (Å²) in [5.41, 5.74) is 3.77. The third kappa shape index (κ3) is 3.18. The number of para-hydroxylation sites is 1. The molecule has 4 rings (SSSR count). The monoisotopic (exact) mass is 350 g/mol. The maximum atomic E-state index is 3.51. The van der Waals surface area contributed by atoms with Gasteiger partial charge in [0.15, 0.2) is 0 Å². The molecule has 128 valence electrons. The van der Waals surface area contributed by atoms with Crippen LogP contribution in [0, 0.1) is 0 Å². The minimum absolute atomic E-state index is 0.257. The van der Waals surface area contributed by atoms with Gasteiger partial charge in [0, 0.05) is 53.3 Å². The zero-order chi connectivity index (χ0) is 17.2. The van der Waals surface area contributed by atoms with E-state index in [0.29, 0.717) is 0 Å². The van der Waals surface area contributed by atoms with Gasteiger partial charge in [0.2, 0.25) is 0 Å². The van der Waals surface area contributed by atoms with Gasteiger partial charge >= 0.3 is 0 Å². The van der Waals surface area contributed by atoms with Crippen molar-refractivity contribution in [2.45, 2.75) is 10.9 Å². The number of rotatable bonds is 6. The zero-order valence-corrected chi connectivity index (χ0v) is 15.2. The number of aryl methyl sites for hydroxylation is 1. The summed E-state index contributed by atoms with van der Waals surface area (Å²) in [4.78, 5) is 4.47. The van der Waals surface area contributed by atoms with Gasteiger partial charge in [0.05, 0.1) is 0 Å². The fourth-order valence-corrected chi connectivity index (χ4v) is 4.05. The number of aromatic amines is 1. The molecule has 1 unspecified atom stereocenters. The molecule has 0 spiro atoms. The Labute approximate surface area is 151 Å². The molecule has 2 heterocycles. The van der Waals surface area contributed by atoms with Crippen molar-refractivity contribution in [2.75, 3.05) is 13.6 Å². The van der Waals surface area contributed by atoms with Crippen LogP contribution in [0.2, 0.25) is 0 Å². The molecule has 25 heavy (non-hydrogen) atoms. The lowest BCUT2D eigenvalue weighted by molar-refractivity contribution is 0.591. The Kier molecular flexibility index (Phi) is 4.53. The van der Waals surface area contributed by atoms with Gasteiger partial charge in [0.25, 0.3) is 0 Å². The van der Waals surface area contributed by atoms with Gasteiger partial charge < -0.3 is 14.9 Å². The van der Waals surface area contributed by atoms with Crippen LogP contribution in [0.5, 0.6) is 0 Å². The molecule has 4 nitrogen and oxygen atoms in total. The fraction of sp³-hybridized carbons (Fsp3) is 0.200. The molecule has 0 bridgehead atoms. The molecule has 0 aliphatic heterocycles. The second-order valence-electron chi connectivity index (χ2n) is 6.23. The van der Waals surface area contributed by atoms with E-state index in [0.717, 1.165) is 6.54 Å². The lowest BCUT2D eigenvalue weighted by atomic mass is 10.1. The van der Waals surface area contributed by atoms with Gasteiger partial charge in [-0.05, 0) is 54.2 Å². The van der Waals surface area contributed by atoms with Crippen LogP contribution in [0.15, 0.2) is 65.8 Å². The van der Waals surface area contributed by atoms with Crippen LogP contribution < -0.4 is 10.0 Å². The molecule has 2 aromatic carbocycles. The Morgan fingerprint density at radius 1 is 1.16 bits per heavy atom. The maximum Gasteiger partial charge on any atom is 0.0481 e. The van der Waals surface area contributed by atoms with E-state index in [4.69, 9.17) is 0 Å². The van der Waals surface area contributed by atoms with Crippen LogP contribution in [0.4, 0.5) is 0 Å². The second kappa shape index (κ2) is 6.96. The Bertz CT molecular complexity index is 1000. The lowest BCUT2D eigenvalue weighted by Gasteiger charge is -2.16. The molecule has 0 fully saturated rings. The largest absolute Gasteiger partial charge is 0.361 e. The summed E-state index contributed by atoms with van der Waals surface area (Å²) >= 11 is 1.67. The molecular formula is C20H22N4S. The highest BCUT2D eigenvalue weighted by molar-refractivity contribution is 7.97. The van der Waals surface area contributed by atoms with Crippen molar-refractivity contribution in [3.8, 4) is 0 Å². The Morgan fingerprint density at radius 3 is 2.92 bits per heavy atom. The standard InChI is InChI=1S/C20H22N4S/c1-21-19(17-13-24(2)20-6-4-3-5-16(17)20)12-23-25-15-8-7-14-9-10-22-18(14)11-15/h3-11,13,19,21-23H,12H2,1-2H3. The van der Waals surface area contributed by atoms with Gasteiger partial charge in [-0.2, -0.15) is 0 Å².